The maximum atomic E-state index is 9.77. The van der Waals surface area contributed by atoms with Gasteiger partial charge in [-0.3, -0.25) is 0 Å². The van der Waals surface area contributed by atoms with Crippen LogP contribution in [-0.4, -0.2) is 44.6 Å². The zero-order valence-electron chi connectivity index (χ0n) is 5.26. The molecule has 0 amide bonds. The Bertz CT molecular complexity index is 139. The molecule has 0 aliphatic rings. The Hall–Kier alpha value is -0.426. The van der Waals surface area contributed by atoms with Crippen LogP contribution in [0.25, 0.3) is 0 Å². The average molecular weight is 198 g/mol. The Morgan fingerprint density at radius 1 is 0.909 bits per heavy atom. The van der Waals surface area contributed by atoms with Gasteiger partial charge in [-0.25, -0.2) is 9.59 Å². The van der Waals surface area contributed by atoms with Crippen LogP contribution in [0.2, 0.25) is 0 Å². The zero-order valence-corrected chi connectivity index (χ0v) is 6.82. The Morgan fingerprint density at radius 2 is 1.09 bits per heavy atom. The van der Waals surface area contributed by atoms with Crippen molar-refractivity contribution >= 4 is 11.9 Å². The molecule has 2 atom stereocenters. The first-order valence-electron chi connectivity index (χ1n) is 2.28. The summed E-state index contributed by atoms with van der Waals surface area (Å²) in [7, 11) is 0. The van der Waals surface area contributed by atoms with Gasteiger partial charge in [0, 0.05) is 0 Å². The van der Waals surface area contributed by atoms with E-state index >= 15 is 0 Å². The van der Waals surface area contributed by atoms with Gasteiger partial charge in [0.05, 0.1) is 0 Å². The van der Waals surface area contributed by atoms with E-state index < -0.39 is 24.1 Å². The first-order chi connectivity index (χ1) is 4.46. The minimum Gasteiger partial charge on any atom is -0.479 e. The number of carboxylic acids is 2. The van der Waals surface area contributed by atoms with Gasteiger partial charge >= 0.3 is 33.7 Å². The second-order valence-electron chi connectivity index (χ2n) is 1.57. The molecular weight excluding hydrogens is 192 g/mol. The minimum atomic E-state index is -2.27. The van der Waals surface area contributed by atoms with Crippen LogP contribution in [0.1, 0.15) is 0 Å². The molecule has 0 saturated carbocycles. The van der Waals surface area contributed by atoms with Gasteiger partial charge in [0.15, 0.2) is 12.2 Å². The van der Waals surface area contributed by atoms with Crippen molar-refractivity contribution in [3.05, 3.63) is 0 Å². The summed E-state index contributed by atoms with van der Waals surface area (Å²) in [5.41, 5.74) is 0. The first kappa shape index (κ1) is 13.2. The molecule has 6 nitrogen and oxygen atoms in total. The molecule has 0 aliphatic heterocycles. The van der Waals surface area contributed by atoms with E-state index in [2.05, 4.69) is 0 Å². The molecule has 0 aliphatic carbocycles. The third kappa shape index (κ3) is 4.10. The van der Waals surface area contributed by atoms with Gasteiger partial charge in [0.1, 0.15) is 0 Å². The molecule has 7 heteroatoms. The molecular formula is C4H6O6Ti+4. The molecule has 2 unspecified atom stereocenters. The fraction of sp³-hybridized carbons (Fsp3) is 0.500. The summed E-state index contributed by atoms with van der Waals surface area (Å²) in [5.74, 6) is -3.54. The summed E-state index contributed by atoms with van der Waals surface area (Å²) in [4.78, 5) is 19.5. The normalized spacial score (nSPS) is 14.4. The van der Waals surface area contributed by atoms with Crippen LogP contribution in [0.3, 0.4) is 0 Å². The molecule has 0 radical (unpaired) electrons. The van der Waals surface area contributed by atoms with Gasteiger partial charge in [0.25, 0.3) is 0 Å². The van der Waals surface area contributed by atoms with Crippen molar-refractivity contribution in [2.24, 2.45) is 0 Å². The van der Waals surface area contributed by atoms with Crippen molar-refractivity contribution in [1.82, 2.24) is 0 Å². The number of hydrogen-bond donors (Lipinski definition) is 4. The SMILES string of the molecule is O=C(O)C(O)C(O)C(=O)O.[Ti+4]. The van der Waals surface area contributed by atoms with E-state index in [1.807, 2.05) is 0 Å². The van der Waals surface area contributed by atoms with E-state index in [0.29, 0.717) is 0 Å². The Morgan fingerprint density at radius 3 is 1.18 bits per heavy atom. The standard InChI is InChI=1S/C4H6O6.Ti/c5-1(3(7)8)2(6)4(9)10;/h1-2,5-6H,(H,7,8)(H,9,10);/q;+4. The maximum absolute atomic E-state index is 9.77. The molecule has 0 spiro atoms. The van der Waals surface area contributed by atoms with Gasteiger partial charge < -0.3 is 20.4 Å². The van der Waals surface area contributed by atoms with Crippen molar-refractivity contribution in [3.63, 3.8) is 0 Å². The van der Waals surface area contributed by atoms with Crippen molar-refractivity contribution in [1.29, 1.82) is 0 Å². The summed E-state index contributed by atoms with van der Waals surface area (Å²) in [6.07, 6.45) is -4.53. The van der Waals surface area contributed by atoms with Crippen LogP contribution < -0.4 is 0 Å². The molecule has 58 valence electrons. The Labute approximate surface area is 76.3 Å². The number of hydrogen-bond acceptors (Lipinski definition) is 4. The molecule has 0 rings (SSSR count). The Balaban J connectivity index is 0. The predicted octanol–water partition coefficient (Wildman–Crippen LogP) is -2.13. The van der Waals surface area contributed by atoms with Gasteiger partial charge in [-0.1, -0.05) is 0 Å². The minimum absolute atomic E-state index is 0. The molecule has 0 aromatic carbocycles. The quantitative estimate of drug-likeness (QED) is 0.385. The largest absolute Gasteiger partial charge is 4.00 e. The fourth-order valence-electron chi connectivity index (χ4n) is 0.270. The van der Waals surface area contributed by atoms with Crippen LogP contribution in [0.4, 0.5) is 0 Å². The topological polar surface area (TPSA) is 115 Å². The van der Waals surface area contributed by atoms with Gasteiger partial charge in [0.2, 0.25) is 0 Å². The third-order valence-corrected chi connectivity index (χ3v) is 0.805. The molecule has 0 heterocycles. The monoisotopic (exact) mass is 198 g/mol. The molecule has 0 aromatic heterocycles. The second kappa shape index (κ2) is 5.25. The van der Waals surface area contributed by atoms with Crippen LogP contribution in [0.15, 0.2) is 0 Å². The summed E-state index contributed by atoms with van der Waals surface area (Å²) in [6.45, 7) is 0. The number of carbonyl (C=O) groups is 2. The number of carboxylic acid groups (broad SMARTS) is 2. The van der Waals surface area contributed by atoms with Crippen molar-refractivity contribution in [2.45, 2.75) is 12.2 Å². The van der Waals surface area contributed by atoms with E-state index in [0.717, 1.165) is 0 Å². The van der Waals surface area contributed by atoms with Crippen LogP contribution in [0.5, 0.6) is 0 Å². The van der Waals surface area contributed by atoms with Crippen LogP contribution in [-0.2, 0) is 31.3 Å². The molecule has 0 saturated heterocycles. The van der Waals surface area contributed by atoms with Crippen LogP contribution in [0, 0.1) is 0 Å². The molecule has 11 heavy (non-hydrogen) atoms. The number of aliphatic hydroxyl groups is 2. The molecule has 0 fully saturated rings. The van der Waals surface area contributed by atoms with Crippen LogP contribution >= 0.6 is 0 Å². The van der Waals surface area contributed by atoms with E-state index in [9.17, 15) is 9.59 Å². The maximum Gasteiger partial charge on any atom is 4.00 e. The fourth-order valence-corrected chi connectivity index (χ4v) is 0.270. The van der Waals surface area contributed by atoms with Crippen molar-refractivity contribution in [2.75, 3.05) is 0 Å². The summed E-state index contributed by atoms with van der Waals surface area (Å²) >= 11 is 0. The van der Waals surface area contributed by atoms with E-state index in [-0.39, 0.29) is 21.7 Å². The van der Waals surface area contributed by atoms with E-state index in [1.165, 1.54) is 0 Å². The number of rotatable bonds is 3. The summed E-state index contributed by atoms with van der Waals surface area (Å²) in [5, 5.41) is 32.5. The first-order valence-corrected chi connectivity index (χ1v) is 2.28. The second-order valence-corrected chi connectivity index (χ2v) is 1.57. The van der Waals surface area contributed by atoms with Gasteiger partial charge in [-0.2, -0.15) is 0 Å². The molecule has 0 aromatic rings. The summed E-state index contributed by atoms with van der Waals surface area (Å²) < 4.78 is 0. The number of aliphatic carboxylic acids is 2. The molecule has 0 bridgehead atoms. The number of aliphatic hydroxyl groups excluding tert-OH is 2. The summed E-state index contributed by atoms with van der Waals surface area (Å²) in [6, 6.07) is 0. The third-order valence-electron chi connectivity index (χ3n) is 0.805. The van der Waals surface area contributed by atoms with Crippen molar-refractivity contribution in [3.8, 4) is 0 Å². The van der Waals surface area contributed by atoms with Crippen molar-refractivity contribution < 1.29 is 51.7 Å². The van der Waals surface area contributed by atoms with Gasteiger partial charge in [-0.15, -0.1) is 0 Å². The Kier molecular flexibility index (Phi) is 6.30. The van der Waals surface area contributed by atoms with E-state index in [1.54, 1.807) is 0 Å². The smallest absolute Gasteiger partial charge is 0.479 e. The molecule has 4 N–H and O–H groups in total. The predicted molar refractivity (Wildman–Crippen MR) is 27.3 cm³/mol. The zero-order chi connectivity index (χ0) is 8.31. The average Bonchev–Trinajstić information content (AvgIpc) is 1.84. The van der Waals surface area contributed by atoms with Gasteiger partial charge in [-0.05, 0) is 0 Å². The van der Waals surface area contributed by atoms with E-state index in [4.69, 9.17) is 20.4 Å².